The predicted octanol–water partition coefficient (Wildman–Crippen LogP) is 5.31. The number of nitrogens with one attached hydrogen (secondary N) is 2. The van der Waals surface area contributed by atoms with Crippen LogP contribution < -0.4 is 10.9 Å². The molecule has 1 aliphatic carbocycles. The molecule has 1 aliphatic rings. The van der Waals surface area contributed by atoms with E-state index in [-0.39, 0.29) is 22.8 Å². The molecule has 0 aliphatic heterocycles. The van der Waals surface area contributed by atoms with E-state index in [2.05, 4.69) is 10.3 Å². The molecule has 3 atom stereocenters. The van der Waals surface area contributed by atoms with E-state index in [4.69, 9.17) is 0 Å². The Balaban J connectivity index is 1.95. The minimum absolute atomic E-state index is 0.0364. The Morgan fingerprint density at radius 2 is 1.91 bits per heavy atom. The molecular weight excluding hydrogens is 421 g/mol. The van der Waals surface area contributed by atoms with Gasteiger partial charge in [-0.1, -0.05) is 32.9 Å². The van der Waals surface area contributed by atoms with Crippen LogP contribution in [0.2, 0.25) is 0 Å². The van der Waals surface area contributed by atoms with E-state index in [0.29, 0.717) is 27.7 Å². The van der Waals surface area contributed by atoms with Crippen molar-refractivity contribution in [1.82, 2.24) is 4.98 Å². The molecule has 170 valence electrons. The number of hydrogen-bond donors (Lipinski definition) is 4. The highest BCUT2D eigenvalue weighted by atomic mass is 19.4. The van der Waals surface area contributed by atoms with Crippen molar-refractivity contribution in [3.63, 3.8) is 0 Å². The molecule has 3 aromatic rings. The van der Waals surface area contributed by atoms with Crippen LogP contribution in [0.4, 0.5) is 18.9 Å². The summed E-state index contributed by atoms with van der Waals surface area (Å²) in [5.74, 6) is -0.817. The Kier molecular flexibility index (Phi) is 5.24. The average Bonchev–Trinajstić information content (AvgIpc) is 2.69. The summed E-state index contributed by atoms with van der Waals surface area (Å²) < 4.78 is 42.8. The maximum atomic E-state index is 14.3. The molecule has 1 heterocycles. The number of pyridine rings is 1. The molecule has 8 heteroatoms. The molecule has 0 saturated carbocycles. The van der Waals surface area contributed by atoms with Gasteiger partial charge in [-0.05, 0) is 53.6 Å². The van der Waals surface area contributed by atoms with E-state index in [1.165, 1.54) is 12.1 Å². The van der Waals surface area contributed by atoms with Gasteiger partial charge in [0, 0.05) is 22.7 Å². The first-order valence-electron chi connectivity index (χ1n) is 10.5. The van der Waals surface area contributed by atoms with Crippen molar-refractivity contribution in [3.05, 3.63) is 69.5 Å². The van der Waals surface area contributed by atoms with E-state index < -0.39 is 30.2 Å². The minimum Gasteiger partial charge on any atom is -0.508 e. The van der Waals surface area contributed by atoms with Crippen molar-refractivity contribution < 1.29 is 23.4 Å². The van der Waals surface area contributed by atoms with Crippen molar-refractivity contribution in [1.29, 1.82) is 0 Å². The number of aromatic nitrogens is 1. The molecule has 1 unspecified atom stereocenters. The summed E-state index contributed by atoms with van der Waals surface area (Å²) in [5, 5.41) is 25.2. The number of benzene rings is 2. The number of aromatic amines is 1. The number of aliphatic hydroxyl groups is 1. The lowest BCUT2D eigenvalue weighted by atomic mass is 9.69. The first-order valence-corrected chi connectivity index (χ1v) is 10.5. The van der Waals surface area contributed by atoms with Crippen LogP contribution >= 0.6 is 0 Å². The number of fused-ring (bicyclic) bond motifs is 2. The smallest absolute Gasteiger partial charge is 0.419 e. The van der Waals surface area contributed by atoms with Crippen LogP contribution in [0.5, 0.6) is 5.75 Å². The van der Waals surface area contributed by atoms with Gasteiger partial charge in [0.05, 0.1) is 11.6 Å². The van der Waals surface area contributed by atoms with E-state index in [0.717, 1.165) is 0 Å². The lowest BCUT2D eigenvalue weighted by Crippen LogP contribution is -2.55. The SMILES string of the molecule is CC(C)c1cc(O)c2c(c1)[C@H](Nc1cccc3[nH]c(=O)ccc13)[C@@](O)(C(F)(F)F)CC2C. The standard InChI is InChI=1S/C24H25F3N2O3/c1-12(2)14-9-16-21(19(30)10-14)13(3)11-23(32,24(25,26)27)22(16)29-18-6-4-5-17-15(18)7-8-20(31)28-17/h4-10,12-13,22,29-30,32H,11H2,1-3H3,(H,28,31)/t13?,22-,23+/m0/s1. The van der Waals surface area contributed by atoms with Crippen LogP contribution in [-0.2, 0) is 0 Å². The lowest BCUT2D eigenvalue weighted by molar-refractivity contribution is -0.272. The van der Waals surface area contributed by atoms with Crippen LogP contribution in [0.1, 0.15) is 61.8 Å². The fraction of sp³-hybridized carbons (Fsp3) is 0.375. The Labute approximate surface area is 182 Å². The maximum absolute atomic E-state index is 14.3. The van der Waals surface area contributed by atoms with Crippen molar-refractivity contribution >= 4 is 16.6 Å². The first kappa shape index (κ1) is 22.2. The van der Waals surface area contributed by atoms with Gasteiger partial charge in [0.25, 0.3) is 0 Å². The zero-order chi connectivity index (χ0) is 23.4. The van der Waals surface area contributed by atoms with Gasteiger partial charge in [-0.2, -0.15) is 13.2 Å². The van der Waals surface area contributed by atoms with Gasteiger partial charge in [-0.3, -0.25) is 4.79 Å². The van der Waals surface area contributed by atoms with Crippen LogP contribution in [0.3, 0.4) is 0 Å². The van der Waals surface area contributed by atoms with E-state index >= 15 is 0 Å². The molecule has 0 bridgehead atoms. The molecule has 0 radical (unpaired) electrons. The summed E-state index contributed by atoms with van der Waals surface area (Å²) in [4.78, 5) is 14.3. The Morgan fingerprint density at radius 3 is 2.56 bits per heavy atom. The second-order valence-electron chi connectivity index (χ2n) is 8.89. The highest BCUT2D eigenvalue weighted by Crippen LogP contribution is 2.54. The van der Waals surface area contributed by atoms with Gasteiger partial charge < -0.3 is 20.5 Å². The monoisotopic (exact) mass is 446 g/mol. The van der Waals surface area contributed by atoms with E-state index in [9.17, 15) is 28.2 Å². The Bertz CT molecular complexity index is 1240. The van der Waals surface area contributed by atoms with Crippen molar-refractivity contribution in [2.75, 3.05) is 5.32 Å². The van der Waals surface area contributed by atoms with Gasteiger partial charge in [0.2, 0.25) is 5.56 Å². The molecule has 0 fully saturated rings. The average molecular weight is 446 g/mol. The number of hydrogen-bond acceptors (Lipinski definition) is 4. The third-order valence-electron chi connectivity index (χ3n) is 6.33. The molecule has 0 amide bonds. The normalized spacial score (nSPS) is 23.4. The summed E-state index contributed by atoms with van der Waals surface area (Å²) in [5.41, 5.74) is -1.31. The highest BCUT2D eigenvalue weighted by Gasteiger charge is 2.62. The molecule has 2 aromatic carbocycles. The van der Waals surface area contributed by atoms with Crippen molar-refractivity contribution in [2.24, 2.45) is 0 Å². The number of halogens is 3. The molecule has 1 aromatic heterocycles. The van der Waals surface area contributed by atoms with Gasteiger partial charge in [0.15, 0.2) is 5.60 Å². The quantitative estimate of drug-likeness (QED) is 0.439. The van der Waals surface area contributed by atoms with Crippen molar-refractivity contribution in [3.8, 4) is 5.75 Å². The summed E-state index contributed by atoms with van der Waals surface area (Å²) in [7, 11) is 0. The Morgan fingerprint density at radius 1 is 1.19 bits per heavy atom. The summed E-state index contributed by atoms with van der Waals surface area (Å²) in [6.07, 6.45) is -5.52. The molecule has 5 nitrogen and oxygen atoms in total. The number of rotatable bonds is 3. The topological polar surface area (TPSA) is 85.4 Å². The van der Waals surface area contributed by atoms with Gasteiger partial charge in [-0.25, -0.2) is 0 Å². The Hall–Kier alpha value is -3.00. The first-order chi connectivity index (χ1) is 14.9. The third-order valence-corrected chi connectivity index (χ3v) is 6.33. The number of phenolic OH excluding ortho intramolecular Hbond substituents is 1. The van der Waals surface area contributed by atoms with E-state index in [1.807, 2.05) is 13.8 Å². The predicted molar refractivity (Wildman–Crippen MR) is 117 cm³/mol. The number of H-pyrrole nitrogens is 1. The molecule has 32 heavy (non-hydrogen) atoms. The molecule has 4 rings (SSSR count). The number of phenols is 1. The second-order valence-corrected chi connectivity index (χ2v) is 8.89. The number of anilines is 1. The van der Waals surface area contributed by atoms with E-state index in [1.54, 1.807) is 37.3 Å². The fourth-order valence-corrected chi connectivity index (χ4v) is 4.68. The maximum Gasteiger partial charge on any atom is 0.419 e. The molecule has 0 saturated heterocycles. The van der Waals surface area contributed by atoms with Crippen LogP contribution in [-0.4, -0.2) is 27.0 Å². The highest BCUT2D eigenvalue weighted by molar-refractivity contribution is 5.91. The van der Waals surface area contributed by atoms with Crippen LogP contribution in [0.15, 0.2) is 47.3 Å². The lowest BCUT2D eigenvalue weighted by Gasteiger charge is -2.45. The van der Waals surface area contributed by atoms with Gasteiger partial charge in [0.1, 0.15) is 5.75 Å². The van der Waals surface area contributed by atoms with Crippen LogP contribution in [0, 0.1) is 0 Å². The van der Waals surface area contributed by atoms with Crippen molar-refractivity contribution in [2.45, 2.75) is 56.8 Å². The second kappa shape index (κ2) is 7.55. The summed E-state index contributed by atoms with van der Waals surface area (Å²) in [6, 6.07) is 9.34. The number of alkyl halides is 3. The summed E-state index contributed by atoms with van der Waals surface area (Å²) >= 11 is 0. The number of aromatic hydroxyl groups is 1. The van der Waals surface area contributed by atoms with Gasteiger partial charge >= 0.3 is 6.18 Å². The zero-order valence-corrected chi connectivity index (χ0v) is 17.9. The molecule has 0 spiro atoms. The van der Waals surface area contributed by atoms with Gasteiger partial charge in [-0.15, -0.1) is 0 Å². The molecule has 4 N–H and O–H groups in total. The largest absolute Gasteiger partial charge is 0.508 e. The fourth-order valence-electron chi connectivity index (χ4n) is 4.68. The van der Waals surface area contributed by atoms with Crippen LogP contribution in [0.25, 0.3) is 10.9 Å². The third kappa shape index (κ3) is 3.52. The molecular formula is C24H25F3N2O3. The zero-order valence-electron chi connectivity index (χ0n) is 17.9. The minimum atomic E-state index is -4.92. The summed E-state index contributed by atoms with van der Waals surface area (Å²) in [6.45, 7) is 5.34.